The molecule has 1 spiro atoms. The Kier molecular flexibility index (Phi) is 4.82. The molecular weight excluding hydrogens is 506 g/mol. The highest BCUT2D eigenvalue weighted by Gasteiger charge is 2.63. The van der Waals surface area contributed by atoms with Crippen molar-refractivity contribution in [2.75, 3.05) is 31.3 Å². The number of para-hydroxylation sites is 1. The van der Waals surface area contributed by atoms with Crippen molar-refractivity contribution in [1.82, 2.24) is 0 Å². The van der Waals surface area contributed by atoms with E-state index in [9.17, 15) is 4.79 Å². The van der Waals surface area contributed by atoms with Crippen molar-refractivity contribution in [3.63, 3.8) is 0 Å². The lowest BCUT2D eigenvalue weighted by molar-refractivity contribution is -0.231. The maximum absolute atomic E-state index is 14.5. The van der Waals surface area contributed by atoms with Gasteiger partial charge in [0.25, 0.3) is 0 Å². The van der Waals surface area contributed by atoms with Crippen molar-refractivity contribution in [1.29, 1.82) is 0 Å². The van der Waals surface area contributed by atoms with E-state index >= 15 is 0 Å². The molecule has 1 amide bonds. The number of anilines is 1. The van der Waals surface area contributed by atoms with Crippen LogP contribution in [0.2, 0.25) is 0 Å². The predicted octanol–water partition coefficient (Wildman–Crippen LogP) is 2.88. The van der Waals surface area contributed by atoms with Crippen LogP contribution in [0.1, 0.15) is 38.8 Å². The molecule has 6 atom stereocenters. The molecule has 6 aliphatic rings. The molecule has 2 unspecified atom stereocenters. The number of amides is 1. The maximum Gasteiger partial charge on any atom is 0.245 e. The summed E-state index contributed by atoms with van der Waals surface area (Å²) < 4.78 is 49.1. The molecule has 0 bridgehead atoms. The van der Waals surface area contributed by atoms with Gasteiger partial charge in [-0.3, -0.25) is 4.79 Å². The quantitative estimate of drug-likeness (QED) is 0.573. The molecule has 3 saturated heterocycles. The fourth-order valence-corrected chi connectivity index (χ4v) is 6.91. The summed E-state index contributed by atoms with van der Waals surface area (Å²) in [6.07, 6.45) is -2.42. The molecule has 10 nitrogen and oxygen atoms in total. The first-order valence-electron chi connectivity index (χ1n) is 13.5. The van der Waals surface area contributed by atoms with Crippen LogP contribution in [-0.4, -0.2) is 74.6 Å². The molecule has 0 saturated carbocycles. The zero-order valence-electron chi connectivity index (χ0n) is 22.3. The number of nitrogens with zero attached hydrogens (tertiary/aromatic N) is 1. The Morgan fingerprint density at radius 1 is 0.795 bits per heavy atom. The molecule has 0 N–H and O–H groups in total. The van der Waals surface area contributed by atoms with Crippen molar-refractivity contribution < 1.29 is 42.7 Å². The summed E-state index contributed by atoms with van der Waals surface area (Å²) in [5, 5.41) is 0. The van der Waals surface area contributed by atoms with Crippen LogP contribution >= 0.6 is 0 Å². The molecule has 8 rings (SSSR count). The molecule has 2 aromatic carbocycles. The van der Waals surface area contributed by atoms with Crippen LogP contribution in [0.15, 0.2) is 36.4 Å². The molecule has 10 heteroatoms. The van der Waals surface area contributed by atoms with Crippen LogP contribution in [0.5, 0.6) is 17.2 Å². The first kappa shape index (κ1) is 24.0. The SMILES string of the molecule is CC1(C)O[C@H]2OC(CN3C(=O)C4(COc5cc6c(cc54)OCCO6)c4ccccc43)[C@@H]3OC(C)(C)O[C@@H]3[C@H]2O1. The average molecular weight is 538 g/mol. The van der Waals surface area contributed by atoms with Gasteiger partial charge in [0.05, 0.1) is 6.54 Å². The highest BCUT2D eigenvalue weighted by Crippen LogP contribution is 2.55. The van der Waals surface area contributed by atoms with Crippen molar-refractivity contribution >= 4 is 11.6 Å². The van der Waals surface area contributed by atoms with Crippen LogP contribution < -0.4 is 19.1 Å². The normalized spacial score (nSPS) is 36.4. The Bertz CT molecular complexity index is 1370. The van der Waals surface area contributed by atoms with Gasteiger partial charge in [0.15, 0.2) is 29.4 Å². The minimum Gasteiger partial charge on any atom is -0.491 e. The number of benzene rings is 2. The van der Waals surface area contributed by atoms with Gasteiger partial charge in [-0.25, -0.2) is 0 Å². The van der Waals surface area contributed by atoms with Gasteiger partial charge in [0.1, 0.15) is 55.4 Å². The summed E-state index contributed by atoms with van der Waals surface area (Å²) in [6, 6.07) is 11.6. The summed E-state index contributed by atoms with van der Waals surface area (Å²) in [5.41, 5.74) is 1.49. The number of carbonyl (C=O) groups excluding carboxylic acids is 1. The van der Waals surface area contributed by atoms with E-state index in [-0.39, 0.29) is 19.1 Å². The van der Waals surface area contributed by atoms with Gasteiger partial charge in [-0.15, -0.1) is 0 Å². The number of hydrogen-bond donors (Lipinski definition) is 0. The molecule has 6 heterocycles. The van der Waals surface area contributed by atoms with E-state index in [1.165, 1.54) is 0 Å². The van der Waals surface area contributed by atoms with Gasteiger partial charge >= 0.3 is 0 Å². The Morgan fingerprint density at radius 3 is 2.31 bits per heavy atom. The van der Waals surface area contributed by atoms with E-state index in [1.807, 2.05) is 64.1 Å². The lowest BCUT2D eigenvalue weighted by Crippen LogP contribution is -2.58. The van der Waals surface area contributed by atoms with Crippen molar-refractivity contribution in [3.05, 3.63) is 47.5 Å². The highest BCUT2D eigenvalue weighted by molar-refractivity contribution is 6.11. The maximum atomic E-state index is 14.5. The third-order valence-corrected chi connectivity index (χ3v) is 8.43. The number of ether oxygens (including phenoxy) is 8. The lowest BCUT2D eigenvalue weighted by atomic mass is 9.77. The number of carbonyl (C=O) groups is 1. The fourth-order valence-electron chi connectivity index (χ4n) is 6.91. The molecule has 6 aliphatic heterocycles. The van der Waals surface area contributed by atoms with Gasteiger partial charge in [-0.05, 0) is 45.4 Å². The highest BCUT2D eigenvalue weighted by atomic mass is 16.9. The minimum absolute atomic E-state index is 0.0801. The van der Waals surface area contributed by atoms with Gasteiger partial charge in [-0.2, -0.15) is 0 Å². The zero-order valence-corrected chi connectivity index (χ0v) is 22.3. The Balaban J connectivity index is 1.17. The first-order valence-corrected chi connectivity index (χ1v) is 13.5. The zero-order chi connectivity index (χ0) is 26.7. The second kappa shape index (κ2) is 7.86. The monoisotopic (exact) mass is 537 g/mol. The van der Waals surface area contributed by atoms with E-state index < -0.39 is 47.7 Å². The molecule has 39 heavy (non-hydrogen) atoms. The third-order valence-electron chi connectivity index (χ3n) is 8.43. The second-order valence-electron chi connectivity index (χ2n) is 11.8. The molecule has 0 radical (unpaired) electrons. The van der Waals surface area contributed by atoms with Crippen molar-refractivity contribution in [2.45, 2.75) is 75.4 Å². The Hall–Kier alpha value is -2.89. The average Bonchev–Trinajstić information content (AvgIpc) is 3.59. The van der Waals surface area contributed by atoms with E-state index in [2.05, 4.69) is 0 Å². The van der Waals surface area contributed by atoms with E-state index in [0.717, 1.165) is 16.8 Å². The first-order chi connectivity index (χ1) is 18.7. The van der Waals surface area contributed by atoms with E-state index in [0.29, 0.717) is 30.5 Å². The number of rotatable bonds is 2. The predicted molar refractivity (Wildman–Crippen MR) is 135 cm³/mol. The largest absolute Gasteiger partial charge is 0.491 e. The van der Waals surface area contributed by atoms with Gasteiger partial charge < -0.3 is 42.8 Å². The molecular formula is C29H31NO9. The molecule has 0 aliphatic carbocycles. The Labute approximate surface area is 225 Å². The van der Waals surface area contributed by atoms with Gasteiger partial charge in [0.2, 0.25) is 5.91 Å². The van der Waals surface area contributed by atoms with Crippen molar-refractivity contribution in [2.24, 2.45) is 0 Å². The van der Waals surface area contributed by atoms with Crippen LogP contribution in [0.4, 0.5) is 5.69 Å². The molecule has 206 valence electrons. The van der Waals surface area contributed by atoms with Crippen LogP contribution in [-0.2, 0) is 33.9 Å². The summed E-state index contributed by atoms with van der Waals surface area (Å²) in [6.45, 7) is 8.85. The molecule has 0 aromatic heterocycles. The topological polar surface area (TPSA) is 94.2 Å². The van der Waals surface area contributed by atoms with E-state index in [1.54, 1.807) is 4.90 Å². The van der Waals surface area contributed by atoms with E-state index in [4.69, 9.17) is 37.9 Å². The summed E-state index contributed by atoms with van der Waals surface area (Å²) in [4.78, 5) is 16.3. The number of hydrogen-bond acceptors (Lipinski definition) is 9. The third kappa shape index (κ3) is 3.35. The lowest BCUT2D eigenvalue weighted by Gasteiger charge is -2.39. The van der Waals surface area contributed by atoms with Gasteiger partial charge in [-0.1, -0.05) is 18.2 Å². The van der Waals surface area contributed by atoms with Crippen LogP contribution in [0.25, 0.3) is 0 Å². The summed E-state index contributed by atoms with van der Waals surface area (Å²) in [5.74, 6) is 0.165. The summed E-state index contributed by atoms with van der Waals surface area (Å²) in [7, 11) is 0. The summed E-state index contributed by atoms with van der Waals surface area (Å²) >= 11 is 0. The fraction of sp³-hybridized carbons (Fsp3) is 0.552. The van der Waals surface area contributed by atoms with Crippen molar-refractivity contribution in [3.8, 4) is 17.2 Å². The number of fused-ring (bicyclic) bond motifs is 8. The second-order valence-corrected chi connectivity index (χ2v) is 11.8. The smallest absolute Gasteiger partial charge is 0.245 e. The Morgan fingerprint density at radius 2 is 1.49 bits per heavy atom. The van der Waals surface area contributed by atoms with Crippen LogP contribution in [0, 0.1) is 0 Å². The molecule has 2 aromatic rings. The minimum atomic E-state index is -1.00. The van der Waals surface area contributed by atoms with Gasteiger partial charge in [0, 0.05) is 17.3 Å². The van der Waals surface area contributed by atoms with Crippen LogP contribution in [0.3, 0.4) is 0 Å². The molecule has 3 fully saturated rings. The standard InChI is InChI=1S/C29H31NO9/c1-27(2)36-22-21(35-25-24(23(22)37-27)38-28(3,4)39-25)13-30-17-8-6-5-7-15(17)29(26(30)31)14-34-18-12-20-19(11-16(18)29)32-9-10-33-20/h5-8,11-12,21-25H,9-10,13-14H2,1-4H3/t21?,22-,23-,24+,25+,29?/m0/s1.